The van der Waals surface area contributed by atoms with Crippen LogP contribution in [0.3, 0.4) is 0 Å². The molecule has 1 aliphatic rings. The van der Waals surface area contributed by atoms with Gasteiger partial charge in [-0.3, -0.25) is 0 Å². The van der Waals surface area contributed by atoms with Crippen molar-refractivity contribution in [2.45, 2.75) is 38.6 Å². The highest BCUT2D eigenvalue weighted by Gasteiger charge is 2.13. The van der Waals surface area contributed by atoms with Gasteiger partial charge < -0.3 is 19.9 Å². The van der Waals surface area contributed by atoms with E-state index in [-0.39, 0.29) is 0 Å². The van der Waals surface area contributed by atoms with Crippen LogP contribution < -0.4 is 5.32 Å². The minimum absolute atomic E-state index is 0.312. The van der Waals surface area contributed by atoms with Gasteiger partial charge in [-0.25, -0.2) is 4.79 Å². The van der Waals surface area contributed by atoms with Crippen LogP contribution in [-0.2, 0) is 29.2 Å². The summed E-state index contributed by atoms with van der Waals surface area (Å²) in [5.74, 6) is -0.898. The highest BCUT2D eigenvalue weighted by molar-refractivity contribution is 5.87. The third kappa shape index (κ3) is 5.66. The maximum Gasteiger partial charge on any atom is 0.335 e. The van der Waals surface area contributed by atoms with E-state index >= 15 is 0 Å². The number of ether oxygens (including phenoxy) is 2. The fourth-order valence-corrected chi connectivity index (χ4v) is 2.98. The Morgan fingerprint density at radius 2 is 1.73 bits per heavy atom. The Bertz CT molecular complexity index is 708. The van der Waals surface area contributed by atoms with E-state index in [9.17, 15) is 4.79 Å². The summed E-state index contributed by atoms with van der Waals surface area (Å²) in [6.07, 6.45) is 2.27. The van der Waals surface area contributed by atoms with E-state index in [2.05, 4.69) is 29.6 Å². The molecule has 2 aromatic rings. The molecule has 138 valence electrons. The average molecular weight is 355 g/mol. The Labute approximate surface area is 153 Å². The standard InChI is InChI=1S/C21H25NO4/c23-21(24)19-3-1-2-18(12-19)14-22-13-16-4-6-17(7-5-16)15-26-20-8-10-25-11-9-20/h1-7,12,20,22H,8-11,13-15H2,(H,23,24). The third-order valence-electron chi connectivity index (χ3n) is 4.51. The topological polar surface area (TPSA) is 67.8 Å². The van der Waals surface area contributed by atoms with Crippen molar-refractivity contribution in [2.75, 3.05) is 13.2 Å². The number of aromatic carboxylic acids is 1. The number of nitrogens with one attached hydrogen (secondary N) is 1. The molecule has 2 aromatic carbocycles. The van der Waals surface area contributed by atoms with E-state index in [1.807, 2.05) is 6.07 Å². The molecule has 3 rings (SSSR count). The summed E-state index contributed by atoms with van der Waals surface area (Å²) in [6.45, 7) is 3.60. The van der Waals surface area contributed by atoms with Gasteiger partial charge in [0.25, 0.3) is 0 Å². The summed E-state index contributed by atoms with van der Waals surface area (Å²) < 4.78 is 11.3. The molecule has 0 unspecified atom stereocenters. The molecule has 1 fully saturated rings. The van der Waals surface area contributed by atoms with Crippen LogP contribution in [0.15, 0.2) is 48.5 Å². The van der Waals surface area contributed by atoms with E-state index in [1.54, 1.807) is 18.2 Å². The van der Waals surface area contributed by atoms with Crippen molar-refractivity contribution in [2.24, 2.45) is 0 Å². The maximum atomic E-state index is 11.0. The molecule has 5 nitrogen and oxygen atoms in total. The van der Waals surface area contributed by atoms with Crippen LogP contribution in [0.2, 0.25) is 0 Å². The zero-order valence-electron chi connectivity index (χ0n) is 14.8. The molecule has 5 heteroatoms. The van der Waals surface area contributed by atoms with Gasteiger partial charge in [-0.1, -0.05) is 36.4 Å². The number of carboxylic acid groups (broad SMARTS) is 1. The summed E-state index contributed by atoms with van der Waals surface area (Å²) in [4.78, 5) is 11.0. The summed E-state index contributed by atoms with van der Waals surface area (Å²) in [7, 11) is 0. The number of hydrogen-bond acceptors (Lipinski definition) is 4. The molecule has 0 spiro atoms. The average Bonchev–Trinajstić information content (AvgIpc) is 2.68. The number of carboxylic acids is 1. The van der Waals surface area contributed by atoms with Gasteiger partial charge in [0.05, 0.1) is 18.3 Å². The maximum absolute atomic E-state index is 11.0. The van der Waals surface area contributed by atoms with E-state index in [1.165, 1.54) is 11.1 Å². The van der Waals surface area contributed by atoms with E-state index in [0.717, 1.165) is 38.2 Å². The second-order valence-corrected chi connectivity index (χ2v) is 6.55. The molecular weight excluding hydrogens is 330 g/mol. The van der Waals surface area contributed by atoms with Gasteiger partial charge in [-0.2, -0.15) is 0 Å². The van der Waals surface area contributed by atoms with Crippen LogP contribution in [-0.4, -0.2) is 30.4 Å². The van der Waals surface area contributed by atoms with Crippen LogP contribution in [0.1, 0.15) is 39.9 Å². The SMILES string of the molecule is O=C(O)c1cccc(CNCc2ccc(COC3CCOCC3)cc2)c1. The molecule has 0 amide bonds. The Morgan fingerprint density at radius 1 is 1.04 bits per heavy atom. The van der Waals surface area contributed by atoms with Gasteiger partial charge >= 0.3 is 5.97 Å². The van der Waals surface area contributed by atoms with Gasteiger partial charge in [0.15, 0.2) is 0 Å². The van der Waals surface area contributed by atoms with Gasteiger partial charge in [0.1, 0.15) is 0 Å². The van der Waals surface area contributed by atoms with E-state index in [4.69, 9.17) is 14.6 Å². The normalized spacial score (nSPS) is 15.1. The van der Waals surface area contributed by atoms with Crippen LogP contribution in [0.5, 0.6) is 0 Å². The lowest BCUT2D eigenvalue weighted by atomic mass is 10.1. The third-order valence-corrected chi connectivity index (χ3v) is 4.51. The molecule has 0 atom stereocenters. The first-order valence-electron chi connectivity index (χ1n) is 9.01. The number of hydrogen-bond donors (Lipinski definition) is 2. The lowest BCUT2D eigenvalue weighted by molar-refractivity contribution is -0.0390. The lowest BCUT2D eigenvalue weighted by Crippen LogP contribution is -2.23. The number of benzene rings is 2. The first kappa shape index (κ1) is 18.6. The molecular formula is C21H25NO4. The minimum atomic E-state index is -0.898. The molecule has 2 N–H and O–H groups in total. The molecule has 0 radical (unpaired) electrons. The Hall–Kier alpha value is -2.21. The Morgan fingerprint density at radius 3 is 2.46 bits per heavy atom. The predicted molar refractivity (Wildman–Crippen MR) is 99.0 cm³/mol. The fraction of sp³-hybridized carbons (Fsp3) is 0.381. The summed E-state index contributed by atoms with van der Waals surface area (Å²) in [5, 5.41) is 12.4. The Balaban J connectivity index is 1.42. The van der Waals surface area contributed by atoms with Gasteiger partial charge in [-0.15, -0.1) is 0 Å². The van der Waals surface area contributed by atoms with Crippen LogP contribution in [0.25, 0.3) is 0 Å². The molecule has 1 saturated heterocycles. The highest BCUT2D eigenvalue weighted by atomic mass is 16.5. The second-order valence-electron chi connectivity index (χ2n) is 6.55. The monoisotopic (exact) mass is 355 g/mol. The number of rotatable bonds is 8. The number of carbonyl (C=O) groups is 1. The van der Waals surface area contributed by atoms with Crippen molar-refractivity contribution in [3.8, 4) is 0 Å². The quantitative estimate of drug-likeness (QED) is 0.760. The second kappa shape index (κ2) is 9.48. The first-order chi connectivity index (χ1) is 12.7. The summed E-state index contributed by atoms with van der Waals surface area (Å²) in [5.41, 5.74) is 3.65. The molecule has 1 heterocycles. The predicted octanol–water partition coefficient (Wildman–Crippen LogP) is 3.37. The van der Waals surface area contributed by atoms with Crippen molar-refractivity contribution in [3.05, 3.63) is 70.8 Å². The minimum Gasteiger partial charge on any atom is -0.478 e. The van der Waals surface area contributed by atoms with Crippen molar-refractivity contribution in [1.29, 1.82) is 0 Å². The van der Waals surface area contributed by atoms with Crippen molar-refractivity contribution in [1.82, 2.24) is 5.32 Å². The van der Waals surface area contributed by atoms with Crippen molar-refractivity contribution in [3.63, 3.8) is 0 Å². The van der Waals surface area contributed by atoms with Crippen LogP contribution in [0.4, 0.5) is 0 Å². The van der Waals surface area contributed by atoms with Crippen molar-refractivity contribution >= 4 is 5.97 Å². The first-order valence-corrected chi connectivity index (χ1v) is 9.01. The highest BCUT2D eigenvalue weighted by Crippen LogP contribution is 2.14. The Kier molecular flexibility index (Phi) is 6.77. The van der Waals surface area contributed by atoms with Gasteiger partial charge in [0, 0.05) is 26.3 Å². The lowest BCUT2D eigenvalue weighted by Gasteiger charge is -2.22. The molecule has 26 heavy (non-hydrogen) atoms. The van der Waals surface area contributed by atoms with Crippen LogP contribution in [0, 0.1) is 0 Å². The zero-order chi connectivity index (χ0) is 18.2. The van der Waals surface area contributed by atoms with E-state index in [0.29, 0.717) is 24.8 Å². The smallest absolute Gasteiger partial charge is 0.335 e. The van der Waals surface area contributed by atoms with Gasteiger partial charge in [0.2, 0.25) is 0 Å². The molecule has 0 aliphatic carbocycles. The summed E-state index contributed by atoms with van der Waals surface area (Å²) >= 11 is 0. The molecule has 0 aromatic heterocycles. The fourth-order valence-electron chi connectivity index (χ4n) is 2.98. The van der Waals surface area contributed by atoms with Gasteiger partial charge in [-0.05, 0) is 41.7 Å². The largest absolute Gasteiger partial charge is 0.478 e. The summed E-state index contributed by atoms with van der Waals surface area (Å²) in [6, 6.07) is 15.4. The van der Waals surface area contributed by atoms with Crippen molar-refractivity contribution < 1.29 is 19.4 Å². The molecule has 0 bridgehead atoms. The zero-order valence-corrected chi connectivity index (χ0v) is 14.8. The molecule has 1 aliphatic heterocycles. The van der Waals surface area contributed by atoms with E-state index < -0.39 is 5.97 Å². The van der Waals surface area contributed by atoms with Crippen LogP contribution >= 0.6 is 0 Å². The molecule has 0 saturated carbocycles.